The Balaban J connectivity index is 0.00000242. The molecule has 1 aromatic rings. The van der Waals surface area contributed by atoms with Crippen LogP contribution in [-0.4, -0.2) is 38.4 Å². The summed E-state index contributed by atoms with van der Waals surface area (Å²) < 4.78 is 64.7. The van der Waals surface area contributed by atoms with Crippen LogP contribution in [0.15, 0.2) is 27.6 Å². The third kappa shape index (κ3) is 3.94. The molecule has 0 spiro atoms. The molecule has 126 valence electrons. The maximum absolute atomic E-state index is 12.9. The van der Waals surface area contributed by atoms with Gasteiger partial charge in [0.15, 0.2) is 0 Å². The highest BCUT2D eigenvalue weighted by molar-refractivity contribution is 9.10. The van der Waals surface area contributed by atoms with E-state index in [-0.39, 0.29) is 34.4 Å². The fourth-order valence-electron chi connectivity index (χ4n) is 2.20. The third-order valence-corrected chi connectivity index (χ3v) is 5.99. The summed E-state index contributed by atoms with van der Waals surface area (Å²) in [4.78, 5) is -0.341. The van der Waals surface area contributed by atoms with Gasteiger partial charge in [0.1, 0.15) is 0 Å². The molecule has 4 nitrogen and oxygen atoms in total. The number of benzene rings is 1. The molecule has 0 aromatic heterocycles. The average Bonchev–Trinajstić information content (AvgIpc) is 2.37. The Morgan fingerprint density at radius 1 is 1.36 bits per heavy atom. The monoisotopic (exact) mass is 422 g/mol. The molecular formula is C12H15BrClF3N2O2S. The maximum atomic E-state index is 12.9. The van der Waals surface area contributed by atoms with Crippen molar-refractivity contribution in [3.63, 3.8) is 0 Å². The van der Waals surface area contributed by atoms with E-state index in [0.717, 1.165) is 6.07 Å². The number of nitrogens with zero attached hydrogens (tertiary/aromatic N) is 1. The molecule has 1 aliphatic heterocycles. The zero-order valence-corrected chi connectivity index (χ0v) is 14.7. The predicted octanol–water partition coefficient (Wildman–Crippen LogP) is 2.87. The Morgan fingerprint density at radius 2 is 2.00 bits per heavy atom. The van der Waals surface area contributed by atoms with Crippen molar-refractivity contribution in [1.82, 2.24) is 9.62 Å². The van der Waals surface area contributed by atoms with Gasteiger partial charge in [-0.3, -0.25) is 0 Å². The summed E-state index contributed by atoms with van der Waals surface area (Å²) in [6.45, 7) is 2.91. The van der Waals surface area contributed by atoms with Gasteiger partial charge < -0.3 is 5.32 Å². The van der Waals surface area contributed by atoms with Crippen LogP contribution < -0.4 is 5.32 Å². The quantitative estimate of drug-likeness (QED) is 0.796. The van der Waals surface area contributed by atoms with E-state index in [9.17, 15) is 21.6 Å². The van der Waals surface area contributed by atoms with Crippen LogP contribution in [0.5, 0.6) is 0 Å². The van der Waals surface area contributed by atoms with E-state index in [2.05, 4.69) is 21.2 Å². The van der Waals surface area contributed by atoms with Crippen molar-refractivity contribution in [2.45, 2.75) is 24.0 Å². The average molecular weight is 424 g/mol. The summed E-state index contributed by atoms with van der Waals surface area (Å²) in [5.41, 5.74) is -0.994. The molecule has 0 bridgehead atoms. The number of hydrogen-bond acceptors (Lipinski definition) is 3. The van der Waals surface area contributed by atoms with Gasteiger partial charge in [0.2, 0.25) is 10.0 Å². The number of alkyl halides is 3. The molecule has 1 aromatic carbocycles. The molecule has 0 unspecified atom stereocenters. The van der Waals surface area contributed by atoms with E-state index in [4.69, 9.17) is 0 Å². The second-order valence-corrected chi connectivity index (χ2v) is 7.55. The predicted molar refractivity (Wildman–Crippen MR) is 82.6 cm³/mol. The fraction of sp³-hybridized carbons (Fsp3) is 0.500. The maximum Gasteiger partial charge on any atom is 0.417 e. The summed E-state index contributed by atoms with van der Waals surface area (Å²) in [7, 11) is -3.94. The Kier molecular flexibility index (Phi) is 6.30. The zero-order valence-electron chi connectivity index (χ0n) is 11.5. The smallest absolute Gasteiger partial charge is 0.314 e. The van der Waals surface area contributed by atoms with Crippen LogP contribution in [0.25, 0.3) is 0 Å². The van der Waals surface area contributed by atoms with Crippen LogP contribution in [0.2, 0.25) is 0 Å². The normalized spacial score (nSPS) is 20.5. The number of halogens is 5. The van der Waals surface area contributed by atoms with Crippen LogP contribution in [0.4, 0.5) is 13.2 Å². The van der Waals surface area contributed by atoms with E-state index in [1.807, 2.05) is 0 Å². The molecule has 1 fully saturated rings. The Hall–Kier alpha value is -0.350. The summed E-state index contributed by atoms with van der Waals surface area (Å²) in [6.07, 6.45) is -4.61. The lowest BCUT2D eigenvalue weighted by molar-refractivity contribution is -0.138. The molecule has 0 aliphatic carbocycles. The number of hydrogen-bond donors (Lipinski definition) is 1. The van der Waals surface area contributed by atoms with Gasteiger partial charge in [0, 0.05) is 30.1 Å². The summed E-state index contributed by atoms with van der Waals surface area (Å²) in [5, 5.41) is 3.04. The van der Waals surface area contributed by atoms with E-state index >= 15 is 0 Å². The molecule has 2 rings (SSSR count). The highest BCUT2D eigenvalue weighted by Gasteiger charge is 2.36. The Labute approximate surface area is 141 Å². The molecule has 0 radical (unpaired) electrons. The van der Waals surface area contributed by atoms with Gasteiger partial charge in [0.05, 0.1) is 10.5 Å². The molecule has 0 amide bonds. The fourth-order valence-corrected chi connectivity index (χ4v) is 4.33. The van der Waals surface area contributed by atoms with Crippen molar-refractivity contribution in [2.24, 2.45) is 0 Å². The van der Waals surface area contributed by atoms with Gasteiger partial charge >= 0.3 is 6.18 Å². The lowest BCUT2D eigenvalue weighted by Crippen LogP contribution is -2.52. The van der Waals surface area contributed by atoms with E-state index in [0.29, 0.717) is 19.2 Å². The van der Waals surface area contributed by atoms with Crippen molar-refractivity contribution >= 4 is 38.4 Å². The van der Waals surface area contributed by atoms with Crippen molar-refractivity contribution in [1.29, 1.82) is 0 Å². The highest BCUT2D eigenvalue weighted by atomic mass is 79.9. The standard InChI is InChI=1S/C12H14BrF3N2O2S.ClH/c1-8-7-17-4-5-18(8)21(19,20)9-2-3-11(13)10(6-9)12(14,15)16;/h2-3,6,8,17H,4-5,7H2,1H3;1H/t8-;/m1./s1. The topological polar surface area (TPSA) is 49.4 Å². The molecule has 0 saturated carbocycles. The molecule has 22 heavy (non-hydrogen) atoms. The summed E-state index contributed by atoms with van der Waals surface area (Å²) >= 11 is 2.80. The molecule has 1 saturated heterocycles. The summed E-state index contributed by atoms with van der Waals surface area (Å²) in [5.74, 6) is 0. The van der Waals surface area contributed by atoms with Crippen molar-refractivity contribution in [2.75, 3.05) is 19.6 Å². The first kappa shape index (κ1) is 19.7. The molecule has 1 N–H and O–H groups in total. The van der Waals surface area contributed by atoms with Crippen molar-refractivity contribution in [3.05, 3.63) is 28.2 Å². The molecule has 10 heteroatoms. The van der Waals surface area contributed by atoms with Gasteiger partial charge in [-0.1, -0.05) is 15.9 Å². The Morgan fingerprint density at radius 3 is 2.55 bits per heavy atom. The third-order valence-electron chi connectivity index (χ3n) is 3.29. The number of rotatable bonds is 2. The lowest BCUT2D eigenvalue weighted by atomic mass is 10.2. The van der Waals surface area contributed by atoms with E-state index in [1.165, 1.54) is 10.4 Å². The second kappa shape index (κ2) is 7.04. The first-order chi connectivity index (χ1) is 9.64. The van der Waals surface area contributed by atoms with Gasteiger partial charge in [-0.25, -0.2) is 8.42 Å². The highest BCUT2D eigenvalue weighted by Crippen LogP contribution is 2.36. The lowest BCUT2D eigenvalue weighted by Gasteiger charge is -2.33. The van der Waals surface area contributed by atoms with Gasteiger partial charge in [-0.2, -0.15) is 17.5 Å². The Bertz CT molecular complexity index is 640. The first-order valence-corrected chi connectivity index (χ1v) is 8.46. The minimum atomic E-state index is -4.61. The number of piperazine rings is 1. The van der Waals surface area contributed by atoms with Crippen LogP contribution in [0, 0.1) is 0 Å². The van der Waals surface area contributed by atoms with Crippen LogP contribution in [0.3, 0.4) is 0 Å². The van der Waals surface area contributed by atoms with Gasteiger partial charge in [-0.15, -0.1) is 12.4 Å². The molecular weight excluding hydrogens is 409 g/mol. The molecule has 1 aliphatic rings. The van der Waals surface area contributed by atoms with Crippen LogP contribution in [-0.2, 0) is 16.2 Å². The summed E-state index contributed by atoms with van der Waals surface area (Å²) in [6, 6.07) is 2.67. The van der Waals surface area contributed by atoms with Gasteiger partial charge in [-0.05, 0) is 25.1 Å². The molecule has 1 atom stereocenters. The zero-order chi connectivity index (χ0) is 15.8. The number of sulfonamides is 1. The SMILES string of the molecule is C[C@@H]1CNCCN1S(=O)(=O)c1ccc(Br)c(C(F)(F)F)c1.Cl. The minimum absolute atomic E-state index is 0. The van der Waals surface area contributed by atoms with Crippen molar-refractivity contribution < 1.29 is 21.6 Å². The minimum Gasteiger partial charge on any atom is -0.314 e. The van der Waals surface area contributed by atoms with Gasteiger partial charge in [0.25, 0.3) is 0 Å². The van der Waals surface area contributed by atoms with E-state index in [1.54, 1.807) is 6.92 Å². The van der Waals surface area contributed by atoms with E-state index < -0.39 is 21.8 Å². The number of nitrogens with one attached hydrogen (secondary N) is 1. The largest absolute Gasteiger partial charge is 0.417 e. The van der Waals surface area contributed by atoms with Crippen LogP contribution in [0.1, 0.15) is 12.5 Å². The van der Waals surface area contributed by atoms with Crippen LogP contribution >= 0.6 is 28.3 Å². The van der Waals surface area contributed by atoms with Crippen molar-refractivity contribution in [3.8, 4) is 0 Å². The first-order valence-electron chi connectivity index (χ1n) is 6.23. The second-order valence-electron chi connectivity index (χ2n) is 4.81. The molecule has 1 heterocycles.